The van der Waals surface area contributed by atoms with Crippen molar-refractivity contribution in [3.05, 3.63) is 30.3 Å². The minimum atomic E-state index is 0.422. The number of para-hydroxylation sites is 1. The lowest BCUT2D eigenvalue weighted by Gasteiger charge is -2.33. The summed E-state index contributed by atoms with van der Waals surface area (Å²) in [6.45, 7) is 0. The second kappa shape index (κ2) is 3.15. The van der Waals surface area contributed by atoms with Crippen LogP contribution in [0.4, 0.5) is 5.69 Å². The molecule has 2 heteroatoms. The molecule has 1 fully saturated rings. The molecule has 1 aliphatic rings. The summed E-state index contributed by atoms with van der Waals surface area (Å²) in [5.74, 6) is 0. The largest absolute Gasteiger partial charge is 0.382 e. The van der Waals surface area contributed by atoms with Gasteiger partial charge in [-0.2, -0.15) is 0 Å². The molecule has 3 N–H and O–H groups in total. The van der Waals surface area contributed by atoms with Crippen molar-refractivity contribution >= 4 is 5.69 Å². The summed E-state index contributed by atoms with van der Waals surface area (Å²) in [5, 5.41) is 3.43. The van der Waals surface area contributed by atoms with Crippen molar-refractivity contribution in [1.82, 2.24) is 0 Å². The van der Waals surface area contributed by atoms with E-state index in [-0.39, 0.29) is 0 Å². The molecule has 0 radical (unpaired) electrons. The Kier molecular flexibility index (Phi) is 2.00. The van der Waals surface area contributed by atoms with Gasteiger partial charge >= 0.3 is 0 Å². The number of hydrogen-bond donors (Lipinski definition) is 2. The van der Waals surface area contributed by atoms with E-state index >= 15 is 0 Å². The van der Waals surface area contributed by atoms with Crippen molar-refractivity contribution in [3.8, 4) is 0 Å². The van der Waals surface area contributed by atoms with Gasteiger partial charge < -0.3 is 11.1 Å². The van der Waals surface area contributed by atoms with E-state index in [0.717, 1.165) is 12.8 Å². The standard InChI is InChI=1S/C10H14N2/c11-8-6-10(7-8)12-9-4-2-1-3-5-9/h1-5,8,10,12H,6-7,11H2/t8-,10-. The smallest absolute Gasteiger partial charge is 0.0342 e. The van der Waals surface area contributed by atoms with E-state index in [0.29, 0.717) is 12.1 Å². The second-order valence-corrected chi connectivity index (χ2v) is 3.44. The van der Waals surface area contributed by atoms with Crippen LogP contribution in [0.2, 0.25) is 0 Å². The van der Waals surface area contributed by atoms with Crippen molar-refractivity contribution in [2.24, 2.45) is 5.73 Å². The predicted octanol–water partition coefficient (Wildman–Crippen LogP) is 1.59. The Balaban J connectivity index is 1.88. The van der Waals surface area contributed by atoms with Crippen molar-refractivity contribution in [1.29, 1.82) is 0 Å². The minimum Gasteiger partial charge on any atom is -0.382 e. The Hall–Kier alpha value is -1.02. The maximum Gasteiger partial charge on any atom is 0.0342 e. The summed E-state index contributed by atoms with van der Waals surface area (Å²) in [5.41, 5.74) is 6.89. The Bertz CT molecular complexity index is 239. The lowest BCUT2D eigenvalue weighted by molar-refractivity contribution is 0.373. The van der Waals surface area contributed by atoms with Gasteiger partial charge in [0, 0.05) is 17.8 Å². The van der Waals surface area contributed by atoms with E-state index in [1.165, 1.54) is 5.69 Å². The van der Waals surface area contributed by atoms with Crippen LogP contribution in [0.15, 0.2) is 30.3 Å². The maximum absolute atomic E-state index is 5.68. The van der Waals surface area contributed by atoms with Crippen LogP contribution in [0, 0.1) is 0 Å². The van der Waals surface area contributed by atoms with E-state index in [4.69, 9.17) is 5.73 Å². The molecule has 2 nitrogen and oxygen atoms in total. The van der Waals surface area contributed by atoms with Gasteiger partial charge in [0.25, 0.3) is 0 Å². The van der Waals surface area contributed by atoms with Crippen LogP contribution in [0.3, 0.4) is 0 Å². The van der Waals surface area contributed by atoms with Crippen LogP contribution in [-0.4, -0.2) is 12.1 Å². The van der Waals surface area contributed by atoms with Crippen LogP contribution in [0.1, 0.15) is 12.8 Å². The summed E-state index contributed by atoms with van der Waals surface area (Å²) in [4.78, 5) is 0. The predicted molar refractivity (Wildman–Crippen MR) is 51.1 cm³/mol. The van der Waals surface area contributed by atoms with Crippen LogP contribution in [0.5, 0.6) is 0 Å². The molecule has 1 aromatic rings. The van der Waals surface area contributed by atoms with E-state index in [1.54, 1.807) is 0 Å². The summed E-state index contributed by atoms with van der Waals surface area (Å²) < 4.78 is 0. The van der Waals surface area contributed by atoms with Gasteiger partial charge in [-0.15, -0.1) is 0 Å². The molecule has 0 amide bonds. The number of nitrogens with one attached hydrogen (secondary N) is 1. The van der Waals surface area contributed by atoms with Crippen LogP contribution in [-0.2, 0) is 0 Å². The number of rotatable bonds is 2. The molecule has 0 aliphatic heterocycles. The first-order chi connectivity index (χ1) is 5.84. The average Bonchev–Trinajstić information content (AvgIpc) is 2.04. The van der Waals surface area contributed by atoms with Gasteiger partial charge in [-0.3, -0.25) is 0 Å². The molecule has 0 bridgehead atoms. The lowest BCUT2D eigenvalue weighted by Crippen LogP contribution is -2.44. The zero-order valence-corrected chi connectivity index (χ0v) is 7.03. The first-order valence-electron chi connectivity index (χ1n) is 4.42. The minimum absolute atomic E-state index is 0.422. The quantitative estimate of drug-likeness (QED) is 0.693. The lowest BCUT2D eigenvalue weighted by atomic mass is 9.87. The van der Waals surface area contributed by atoms with Crippen molar-refractivity contribution in [3.63, 3.8) is 0 Å². The number of benzene rings is 1. The number of hydrogen-bond acceptors (Lipinski definition) is 2. The van der Waals surface area contributed by atoms with Gasteiger partial charge in [0.05, 0.1) is 0 Å². The highest BCUT2D eigenvalue weighted by Crippen LogP contribution is 2.21. The SMILES string of the molecule is N[C@H]1C[C@H](Nc2ccccc2)C1. The van der Waals surface area contributed by atoms with Gasteiger partial charge in [0.2, 0.25) is 0 Å². The molecule has 1 saturated carbocycles. The van der Waals surface area contributed by atoms with Crippen LogP contribution >= 0.6 is 0 Å². The summed E-state index contributed by atoms with van der Waals surface area (Å²) in [7, 11) is 0. The van der Waals surface area contributed by atoms with Gasteiger partial charge in [-0.1, -0.05) is 18.2 Å². The monoisotopic (exact) mass is 162 g/mol. The highest BCUT2D eigenvalue weighted by Gasteiger charge is 2.25. The maximum atomic E-state index is 5.68. The molecule has 1 aromatic carbocycles. The van der Waals surface area contributed by atoms with Crippen LogP contribution < -0.4 is 11.1 Å². The number of anilines is 1. The zero-order chi connectivity index (χ0) is 8.39. The molecule has 0 unspecified atom stereocenters. The highest BCUT2D eigenvalue weighted by molar-refractivity contribution is 5.44. The third-order valence-corrected chi connectivity index (χ3v) is 2.32. The summed E-state index contributed by atoms with van der Waals surface area (Å²) >= 11 is 0. The van der Waals surface area contributed by atoms with Gasteiger partial charge in [0.1, 0.15) is 0 Å². The van der Waals surface area contributed by atoms with E-state index < -0.39 is 0 Å². The molecular formula is C10H14N2. The molecule has 0 aromatic heterocycles. The van der Waals surface area contributed by atoms with Crippen molar-refractivity contribution in [2.75, 3.05) is 5.32 Å². The second-order valence-electron chi connectivity index (χ2n) is 3.44. The molecule has 0 atom stereocenters. The van der Waals surface area contributed by atoms with Crippen molar-refractivity contribution in [2.45, 2.75) is 24.9 Å². The molecular weight excluding hydrogens is 148 g/mol. The molecule has 0 heterocycles. The number of nitrogens with two attached hydrogens (primary N) is 1. The Morgan fingerprint density at radius 1 is 1.17 bits per heavy atom. The first-order valence-corrected chi connectivity index (χ1v) is 4.42. The fraction of sp³-hybridized carbons (Fsp3) is 0.400. The molecule has 64 valence electrons. The van der Waals surface area contributed by atoms with Gasteiger partial charge in [0.15, 0.2) is 0 Å². The van der Waals surface area contributed by atoms with E-state index in [1.807, 2.05) is 18.2 Å². The molecule has 0 saturated heterocycles. The highest BCUT2D eigenvalue weighted by atomic mass is 15.0. The Morgan fingerprint density at radius 3 is 2.42 bits per heavy atom. The molecule has 0 spiro atoms. The third kappa shape index (κ3) is 1.59. The average molecular weight is 162 g/mol. The Morgan fingerprint density at radius 2 is 1.83 bits per heavy atom. The van der Waals surface area contributed by atoms with Gasteiger partial charge in [-0.25, -0.2) is 0 Å². The topological polar surface area (TPSA) is 38.0 Å². The summed E-state index contributed by atoms with van der Waals surface area (Å²) in [6.07, 6.45) is 2.21. The fourth-order valence-corrected chi connectivity index (χ4v) is 1.55. The normalized spacial score (nSPS) is 27.8. The fourth-order valence-electron chi connectivity index (χ4n) is 1.55. The Labute approximate surface area is 72.8 Å². The first kappa shape index (κ1) is 7.62. The van der Waals surface area contributed by atoms with E-state index in [9.17, 15) is 0 Å². The summed E-state index contributed by atoms with van der Waals surface area (Å²) in [6, 6.07) is 11.3. The van der Waals surface area contributed by atoms with Crippen molar-refractivity contribution < 1.29 is 0 Å². The third-order valence-electron chi connectivity index (χ3n) is 2.32. The molecule has 2 rings (SSSR count). The van der Waals surface area contributed by atoms with Gasteiger partial charge in [-0.05, 0) is 25.0 Å². The van der Waals surface area contributed by atoms with E-state index in [2.05, 4.69) is 17.4 Å². The molecule has 1 aliphatic carbocycles. The zero-order valence-electron chi connectivity index (χ0n) is 7.03. The van der Waals surface area contributed by atoms with Crippen LogP contribution in [0.25, 0.3) is 0 Å². The molecule has 12 heavy (non-hydrogen) atoms.